The third-order valence-electron chi connectivity index (χ3n) is 2.53. The van der Waals surface area contributed by atoms with Crippen LogP contribution in [0.2, 0.25) is 0 Å². The van der Waals surface area contributed by atoms with Crippen molar-refractivity contribution in [1.29, 1.82) is 0 Å². The lowest BCUT2D eigenvalue weighted by Gasteiger charge is -2.04. The SMILES string of the molecule is Cc1ccc2c(n1)CC(C(N)=O)=C2NC=O. The van der Waals surface area contributed by atoms with E-state index in [0.717, 1.165) is 17.0 Å². The number of nitrogens with one attached hydrogen (secondary N) is 1. The Balaban J connectivity index is 2.52. The zero-order chi connectivity index (χ0) is 11.7. The summed E-state index contributed by atoms with van der Waals surface area (Å²) in [5, 5.41) is 2.51. The van der Waals surface area contributed by atoms with Crippen LogP contribution in [0, 0.1) is 6.92 Å². The number of hydrogen-bond donors (Lipinski definition) is 2. The van der Waals surface area contributed by atoms with Gasteiger partial charge in [-0.1, -0.05) is 0 Å². The third kappa shape index (κ3) is 1.56. The number of amides is 2. The molecule has 0 aromatic carbocycles. The van der Waals surface area contributed by atoms with Crippen molar-refractivity contribution in [2.45, 2.75) is 13.3 Å². The number of carbonyl (C=O) groups is 2. The third-order valence-corrected chi connectivity index (χ3v) is 2.53. The first-order valence-electron chi connectivity index (χ1n) is 4.83. The first-order chi connectivity index (χ1) is 7.63. The zero-order valence-corrected chi connectivity index (χ0v) is 8.78. The van der Waals surface area contributed by atoms with Crippen molar-refractivity contribution in [3.8, 4) is 0 Å². The summed E-state index contributed by atoms with van der Waals surface area (Å²) >= 11 is 0. The van der Waals surface area contributed by atoms with Gasteiger partial charge in [0.15, 0.2) is 0 Å². The van der Waals surface area contributed by atoms with Gasteiger partial charge in [-0.2, -0.15) is 0 Å². The van der Waals surface area contributed by atoms with Gasteiger partial charge in [0, 0.05) is 23.3 Å². The summed E-state index contributed by atoms with van der Waals surface area (Å²) in [6.45, 7) is 1.87. The number of nitrogens with two attached hydrogens (primary N) is 1. The fourth-order valence-corrected chi connectivity index (χ4v) is 1.83. The Bertz CT molecular complexity index is 506. The summed E-state index contributed by atoms with van der Waals surface area (Å²) in [6.07, 6.45) is 0.912. The van der Waals surface area contributed by atoms with E-state index in [0.29, 0.717) is 24.1 Å². The van der Waals surface area contributed by atoms with E-state index in [2.05, 4.69) is 10.3 Å². The largest absolute Gasteiger partial charge is 0.366 e. The molecule has 0 spiro atoms. The van der Waals surface area contributed by atoms with Gasteiger partial charge in [0.25, 0.3) is 0 Å². The normalized spacial score (nSPS) is 13.6. The predicted molar refractivity (Wildman–Crippen MR) is 58.0 cm³/mol. The Morgan fingerprint density at radius 2 is 2.31 bits per heavy atom. The Hall–Kier alpha value is -2.17. The van der Waals surface area contributed by atoms with E-state index in [1.165, 1.54) is 0 Å². The lowest BCUT2D eigenvalue weighted by Crippen LogP contribution is -2.19. The Morgan fingerprint density at radius 3 is 2.94 bits per heavy atom. The van der Waals surface area contributed by atoms with Crippen LogP contribution in [-0.4, -0.2) is 17.3 Å². The summed E-state index contributed by atoms with van der Waals surface area (Å²) in [6, 6.07) is 3.66. The van der Waals surface area contributed by atoms with Crippen molar-refractivity contribution >= 4 is 18.0 Å². The van der Waals surface area contributed by atoms with E-state index >= 15 is 0 Å². The lowest BCUT2D eigenvalue weighted by molar-refractivity contribution is -0.114. The van der Waals surface area contributed by atoms with Gasteiger partial charge in [0.05, 0.1) is 11.4 Å². The molecule has 2 rings (SSSR count). The van der Waals surface area contributed by atoms with E-state index < -0.39 is 5.91 Å². The van der Waals surface area contributed by atoms with E-state index in [4.69, 9.17) is 5.73 Å². The van der Waals surface area contributed by atoms with E-state index in [1.807, 2.05) is 19.1 Å². The summed E-state index contributed by atoms with van der Waals surface area (Å²) < 4.78 is 0. The molecule has 3 N–H and O–H groups in total. The number of carbonyl (C=O) groups excluding carboxylic acids is 2. The minimum Gasteiger partial charge on any atom is -0.366 e. The quantitative estimate of drug-likeness (QED) is 0.692. The standard InChI is InChI=1S/C11H11N3O2/c1-6-2-3-7-9(14-6)4-8(11(12)16)10(7)13-5-15/h2-3,5H,4H2,1H3,(H2,12,16)(H,13,15). The number of hydrogen-bond acceptors (Lipinski definition) is 3. The van der Waals surface area contributed by atoms with Gasteiger partial charge in [-0.25, -0.2) is 0 Å². The Kier molecular flexibility index (Phi) is 2.44. The molecule has 82 valence electrons. The molecular formula is C11H11N3O2. The fraction of sp³-hybridized carbons (Fsp3) is 0.182. The lowest BCUT2D eigenvalue weighted by atomic mass is 10.2. The van der Waals surface area contributed by atoms with Crippen LogP contribution in [0.3, 0.4) is 0 Å². The molecular weight excluding hydrogens is 206 g/mol. The van der Waals surface area contributed by atoms with Crippen molar-refractivity contribution in [3.05, 3.63) is 34.7 Å². The predicted octanol–water partition coefficient (Wildman–Crippen LogP) is -0.111. The van der Waals surface area contributed by atoms with Gasteiger partial charge in [-0.3, -0.25) is 14.6 Å². The topological polar surface area (TPSA) is 85.1 Å². The molecule has 1 aliphatic rings. The number of aryl methyl sites for hydroxylation is 1. The number of rotatable bonds is 3. The van der Waals surface area contributed by atoms with Crippen molar-refractivity contribution in [1.82, 2.24) is 10.3 Å². The molecule has 0 saturated heterocycles. The maximum atomic E-state index is 11.2. The van der Waals surface area contributed by atoms with Crippen LogP contribution in [0.5, 0.6) is 0 Å². The summed E-state index contributed by atoms with van der Waals surface area (Å²) in [7, 11) is 0. The molecule has 0 saturated carbocycles. The van der Waals surface area contributed by atoms with Crippen molar-refractivity contribution < 1.29 is 9.59 Å². The van der Waals surface area contributed by atoms with Crippen LogP contribution in [0.15, 0.2) is 17.7 Å². The van der Waals surface area contributed by atoms with Crippen molar-refractivity contribution in [2.75, 3.05) is 0 Å². The second kappa shape index (κ2) is 3.77. The van der Waals surface area contributed by atoms with Crippen molar-refractivity contribution in [3.63, 3.8) is 0 Å². The van der Waals surface area contributed by atoms with E-state index in [9.17, 15) is 9.59 Å². The molecule has 0 aliphatic heterocycles. The highest BCUT2D eigenvalue weighted by Crippen LogP contribution is 2.29. The number of fused-ring (bicyclic) bond motifs is 1. The minimum atomic E-state index is -0.528. The van der Waals surface area contributed by atoms with Gasteiger partial charge in [0.2, 0.25) is 12.3 Å². The van der Waals surface area contributed by atoms with Gasteiger partial charge in [-0.05, 0) is 19.1 Å². The maximum absolute atomic E-state index is 11.2. The van der Waals surface area contributed by atoms with Crippen LogP contribution < -0.4 is 11.1 Å². The zero-order valence-electron chi connectivity index (χ0n) is 8.78. The average Bonchev–Trinajstić information content (AvgIpc) is 2.57. The van der Waals surface area contributed by atoms with E-state index in [1.54, 1.807) is 0 Å². The molecule has 0 unspecified atom stereocenters. The smallest absolute Gasteiger partial charge is 0.247 e. The first kappa shape index (κ1) is 10.4. The molecule has 1 aromatic heterocycles. The number of nitrogens with zero attached hydrogens (tertiary/aromatic N) is 1. The molecule has 2 amide bonds. The van der Waals surface area contributed by atoms with Crippen LogP contribution in [-0.2, 0) is 16.0 Å². The highest BCUT2D eigenvalue weighted by atomic mass is 16.1. The first-order valence-corrected chi connectivity index (χ1v) is 4.83. The summed E-state index contributed by atoms with van der Waals surface area (Å²) in [4.78, 5) is 26.0. The molecule has 0 radical (unpaired) electrons. The molecule has 0 atom stereocenters. The van der Waals surface area contributed by atoms with Gasteiger partial charge in [0.1, 0.15) is 0 Å². The molecule has 0 bridgehead atoms. The number of aromatic nitrogens is 1. The molecule has 1 heterocycles. The molecule has 0 fully saturated rings. The maximum Gasteiger partial charge on any atom is 0.247 e. The Labute approximate surface area is 92.4 Å². The highest BCUT2D eigenvalue weighted by molar-refractivity contribution is 6.03. The fourth-order valence-electron chi connectivity index (χ4n) is 1.83. The molecule has 1 aromatic rings. The monoisotopic (exact) mass is 217 g/mol. The van der Waals surface area contributed by atoms with Crippen LogP contribution >= 0.6 is 0 Å². The number of primary amides is 1. The second-order valence-electron chi connectivity index (χ2n) is 3.60. The highest BCUT2D eigenvalue weighted by Gasteiger charge is 2.25. The molecule has 5 nitrogen and oxygen atoms in total. The molecule has 5 heteroatoms. The van der Waals surface area contributed by atoms with Crippen LogP contribution in [0.4, 0.5) is 0 Å². The van der Waals surface area contributed by atoms with Gasteiger partial charge >= 0.3 is 0 Å². The summed E-state index contributed by atoms with van der Waals surface area (Å²) in [5.74, 6) is -0.528. The number of pyridine rings is 1. The summed E-state index contributed by atoms with van der Waals surface area (Å²) in [5.41, 5.74) is 8.55. The van der Waals surface area contributed by atoms with E-state index in [-0.39, 0.29) is 0 Å². The van der Waals surface area contributed by atoms with Gasteiger partial charge in [-0.15, -0.1) is 0 Å². The molecule has 1 aliphatic carbocycles. The second-order valence-corrected chi connectivity index (χ2v) is 3.60. The van der Waals surface area contributed by atoms with Crippen LogP contribution in [0.1, 0.15) is 17.0 Å². The van der Waals surface area contributed by atoms with Gasteiger partial charge < -0.3 is 11.1 Å². The molecule has 16 heavy (non-hydrogen) atoms. The van der Waals surface area contributed by atoms with Crippen molar-refractivity contribution in [2.24, 2.45) is 5.73 Å². The minimum absolute atomic E-state index is 0.377. The van der Waals surface area contributed by atoms with Crippen LogP contribution in [0.25, 0.3) is 5.70 Å². The Morgan fingerprint density at radius 1 is 1.56 bits per heavy atom. The average molecular weight is 217 g/mol.